The van der Waals surface area contributed by atoms with Crippen molar-refractivity contribution in [3.63, 3.8) is 0 Å². The van der Waals surface area contributed by atoms with Crippen molar-refractivity contribution in [3.8, 4) is 5.75 Å². The summed E-state index contributed by atoms with van der Waals surface area (Å²) in [4.78, 5) is 48.0. The van der Waals surface area contributed by atoms with Gasteiger partial charge in [0.25, 0.3) is 5.56 Å². The maximum Gasteiger partial charge on any atom is 0.258 e. The molecule has 0 spiro atoms. The number of aromatic nitrogens is 2. The maximum absolute atomic E-state index is 13.1. The van der Waals surface area contributed by atoms with Gasteiger partial charge in [-0.05, 0) is 55.0 Å². The number of ether oxygens (including phenoxy) is 1. The van der Waals surface area contributed by atoms with Crippen LogP contribution in [0.4, 0.5) is 17.5 Å². The van der Waals surface area contributed by atoms with E-state index in [4.69, 9.17) is 4.74 Å². The largest absolute Gasteiger partial charge is 0.497 e. The fourth-order valence-electron chi connectivity index (χ4n) is 4.93. The summed E-state index contributed by atoms with van der Waals surface area (Å²) >= 11 is 0. The lowest BCUT2D eigenvalue weighted by molar-refractivity contribution is -0.123. The summed E-state index contributed by atoms with van der Waals surface area (Å²) in [5, 5.41) is 5.48. The molecule has 2 aliphatic rings. The summed E-state index contributed by atoms with van der Waals surface area (Å²) in [6.45, 7) is 1.52. The second-order valence-corrected chi connectivity index (χ2v) is 9.29. The van der Waals surface area contributed by atoms with Gasteiger partial charge < -0.3 is 20.3 Å². The van der Waals surface area contributed by atoms with Gasteiger partial charge >= 0.3 is 0 Å². The van der Waals surface area contributed by atoms with Crippen LogP contribution in [0.5, 0.6) is 5.75 Å². The predicted octanol–water partition coefficient (Wildman–Crippen LogP) is 3.30. The Balaban J connectivity index is 1.30. The Kier molecular flexibility index (Phi) is 6.71. The smallest absolute Gasteiger partial charge is 0.258 e. The van der Waals surface area contributed by atoms with E-state index in [2.05, 4.69) is 44.9 Å². The molecule has 9 nitrogen and oxygen atoms in total. The number of carbonyl (C=O) groups excluding carboxylic acids is 2. The standard InChI is InChI=1S/C27H29N5O4/c1-36-20-9-7-19(8-10-20)28-25(34)21-16-22(33)29-24-23(21)26(35)31-27(30-24)32-13-11-18(12-14-32)15-17-5-3-2-4-6-17/h2-10,18,21H,11-16H2,1H3,(H,28,34)(H2,29,30,31,33,35)/t21-/m0/s1. The van der Waals surface area contributed by atoms with Crippen LogP contribution in [0.15, 0.2) is 59.4 Å². The van der Waals surface area contributed by atoms with E-state index in [1.165, 1.54) is 5.56 Å². The molecule has 1 aromatic heterocycles. The van der Waals surface area contributed by atoms with Gasteiger partial charge in [0.15, 0.2) is 0 Å². The molecule has 1 saturated heterocycles. The summed E-state index contributed by atoms with van der Waals surface area (Å²) in [6, 6.07) is 17.3. The summed E-state index contributed by atoms with van der Waals surface area (Å²) < 4.78 is 5.14. The minimum absolute atomic E-state index is 0.121. The van der Waals surface area contributed by atoms with Crippen molar-refractivity contribution in [3.05, 3.63) is 76.1 Å². The van der Waals surface area contributed by atoms with Crippen molar-refractivity contribution in [2.24, 2.45) is 5.92 Å². The van der Waals surface area contributed by atoms with Crippen molar-refractivity contribution in [1.29, 1.82) is 0 Å². The van der Waals surface area contributed by atoms with Crippen LogP contribution in [0, 0.1) is 5.92 Å². The molecule has 3 N–H and O–H groups in total. The second-order valence-electron chi connectivity index (χ2n) is 9.29. The Labute approximate surface area is 208 Å². The first-order valence-electron chi connectivity index (χ1n) is 12.2. The third-order valence-corrected chi connectivity index (χ3v) is 6.89. The SMILES string of the molecule is COc1ccc(NC(=O)[C@H]2CC(=O)Nc3nc(N4CCC(Cc5ccccc5)CC4)[nH]c(=O)c32)cc1. The van der Waals surface area contributed by atoms with Crippen LogP contribution in [-0.2, 0) is 16.0 Å². The number of rotatable bonds is 6. The average molecular weight is 488 g/mol. The van der Waals surface area contributed by atoms with Crippen LogP contribution in [0.2, 0.25) is 0 Å². The first-order chi connectivity index (χ1) is 17.5. The Morgan fingerprint density at radius 3 is 2.50 bits per heavy atom. The molecule has 186 valence electrons. The summed E-state index contributed by atoms with van der Waals surface area (Å²) in [5.41, 5.74) is 1.66. The van der Waals surface area contributed by atoms with E-state index >= 15 is 0 Å². The second kappa shape index (κ2) is 10.2. The maximum atomic E-state index is 13.1. The lowest BCUT2D eigenvalue weighted by Gasteiger charge is -2.33. The quantitative estimate of drug-likeness (QED) is 0.491. The lowest BCUT2D eigenvalue weighted by atomic mass is 9.90. The number of H-pyrrole nitrogens is 1. The minimum atomic E-state index is -0.933. The molecule has 2 aromatic carbocycles. The number of nitrogens with one attached hydrogen (secondary N) is 3. The molecule has 0 saturated carbocycles. The number of nitrogens with zero attached hydrogens (tertiary/aromatic N) is 2. The molecule has 3 heterocycles. The Hall–Kier alpha value is -4.14. The van der Waals surface area contributed by atoms with E-state index in [0.717, 1.165) is 32.4 Å². The van der Waals surface area contributed by atoms with Crippen LogP contribution in [0.3, 0.4) is 0 Å². The van der Waals surface area contributed by atoms with Gasteiger partial charge in [0.1, 0.15) is 11.6 Å². The van der Waals surface area contributed by atoms with Crippen molar-refractivity contribution in [2.75, 3.05) is 35.7 Å². The molecule has 0 aliphatic carbocycles. The summed E-state index contributed by atoms with van der Waals surface area (Å²) in [6.07, 6.45) is 2.87. The number of piperidine rings is 1. The van der Waals surface area contributed by atoms with Crippen molar-refractivity contribution < 1.29 is 14.3 Å². The zero-order chi connectivity index (χ0) is 25.1. The van der Waals surface area contributed by atoms with Gasteiger partial charge in [0, 0.05) is 25.2 Å². The fraction of sp³-hybridized carbons (Fsp3) is 0.333. The molecular weight excluding hydrogens is 458 g/mol. The number of fused-ring (bicyclic) bond motifs is 1. The molecule has 0 bridgehead atoms. The number of benzene rings is 2. The Bertz CT molecular complexity index is 1300. The van der Waals surface area contributed by atoms with E-state index in [9.17, 15) is 14.4 Å². The molecule has 5 rings (SSSR count). The fourth-order valence-corrected chi connectivity index (χ4v) is 4.93. The number of carbonyl (C=O) groups is 2. The number of hydrogen-bond donors (Lipinski definition) is 3. The molecular formula is C27H29N5O4. The normalized spacial score (nSPS) is 17.8. The van der Waals surface area contributed by atoms with Crippen molar-refractivity contribution in [1.82, 2.24) is 9.97 Å². The predicted molar refractivity (Wildman–Crippen MR) is 138 cm³/mol. The molecule has 0 unspecified atom stereocenters. The molecule has 2 amide bonds. The number of aromatic amines is 1. The van der Waals surface area contributed by atoms with E-state index < -0.39 is 17.4 Å². The number of methoxy groups -OCH3 is 1. The van der Waals surface area contributed by atoms with Gasteiger partial charge in [0.05, 0.1) is 18.6 Å². The van der Waals surface area contributed by atoms with Gasteiger partial charge in [-0.2, -0.15) is 4.98 Å². The Morgan fingerprint density at radius 1 is 1.08 bits per heavy atom. The van der Waals surface area contributed by atoms with E-state index in [1.54, 1.807) is 31.4 Å². The van der Waals surface area contributed by atoms with Crippen LogP contribution >= 0.6 is 0 Å². The van der Waals surface area contributed by atoms with Gasteiger partial charge in [-0.1, -0.05) is 30.3 Å². The average Bonchev–Trinajstić information content (AvgIpc) is 2.89. The van der Waals surface area contributed by atoms with Crippen LogP contribution in [0.1, 0.15) is 36.3 Å². The van der Waals surface area contributed by atoms with Crippen LogP contribution in [-0.4, -0.2) is 42.0 Å². The summed E-state index contributed by atoms with van der Waals surface area (Å²) in [5.74, 6) is 0.102. The third-order valence-electron chi connectivity index (χ3n) is 6.89. The highest BCUT2D eigenvalue weighted by atomic mass is 16.5. The number of anilines is 3. The topological polar surface area (TPSA) is 116 Å². The molecule has 3 aromatic rings. The Morgan fingerprint density at radius 2 is 1.81 bits per heavy atom. The monoisotopic (exact) mass is 487 g/mol. The highest BCUT2D eigenvalue weighted by Crippen LogP contribution is 2.31. The molecule has 1 fully saturated rings. The molecule has 36 heavy (non-hydrogen) atoms. The molecule has 2 aliphatic heterocycles. The van der Waals surface area contributed by atoms with E-state index in [-0.39, 0.29) is 23.7 Å². The minimum Gasteiger partial charge on any atom is -0.497 e. The van der Waals surface area contributed by atoms with Gasteiger partial charge in [-0.3, -0.25) is 19.4 Å². The van der Waals surface area contributed by atoms with Crippen LogP contribution < -0.4 is 25.8 Å². The first kappa shape index (κ1) is 23.6. The van der Waals surface area contributed by atoms with Crippen LogP contribution in [0.25, 0.3) is 0 Å². The zero-order valence-corrected chi connectivity index (χ0v) is 20.1. The van der Waals surface area contributed by atoms with E-state index in [1.807, 2.05) is 11.0 Å². The first-order valence-corrected chi connectivity index (χ1v) is 12.2. The van der Waals surface area contributed by atoms with E-state index in [0.29, 0.717) is 23.3 Å². The molecule has 1 atom stereocenters. The zero-order valence-electron chi connectivity index (χ0n) is 20.1. The number of hydrogen-bond acceptors (Lipinski definition) is 6. The van der Waals surface area contributed by atoms with Gasteiger partial charge in [0.2, 0.25) is 17.8 Å². The third kappa shape index (κ3) is 5.10. The lowest BCUT2D eigenvalue weighted by Crippen LogP contribution is -2.40. The molecule has 0 radical (unpaired) electrons. The highest BCUT2D eigenvalue weighted by molar-refractivity contribution is 6.04. The summed E-state index contributed by atoms with van der Waals surface area (Å²) in [7, 11) is 1.56. The van der Waals surface area contributed by atoms with Gasteiger partial charge in [-0.15, -0.1) is 0 Å². The highest BCUT2D eigenvalue weighted by Gasteiger charge is 2.35. The molecule has 9 heteroatoms. The number of amides is 2. The van der Waals surface area contributed by atoms with Crippen molar-refractivity contribution >= 4 is 29.3 Å². The van der Waals surface area contributed by atoms with Gasteiger partial charge in [-0.25, -0.2) is 0 Å². The van der Waals surface area contributed by atoms with Crippen molar-refractivity contribution in [2.45, 2.75) is 31.6 Å².